The molecule has 0 radical (unpaired) electrons. The van der Waals surface area contributed by atoms with E-state index in [-0.39, 0.29) is 6.04 Å². The zero-order valence-electron chi connectivity index (χ0n) is 11.0. The van der Waals surface area contributed by atoms with Crippen molar-refractivity contribution in [3.8, 4) is 0 Å². The Labute approximate surface area is 105 Å². The number of carbonyl (C=O) groups is 1. The summed E-state index contributed by atoms with van der Waals surface area (Å²) in [5.41, 5.74) is 5.99. The first-order valence-corrected chi connectivity index (χ1v) is 7.18. The second-order valence-corrected chi connectivity index (χ2v) is 6.11. The van der Waals surface area contributed by atoms with E-state index in [0.717, 1.165) is 25.9 Å². The normalized spacial score (nSPS) is 31.5. The topological polar surface area (TPSA) is 46.3 Å². The van der Waals surface area contributed by atoms with Crippen molar-refractivity contribution in [2.24, 2.45) is 17.6 Å². The van der Waals surface area contributed by atoms with Crippen LogP contribution in [0.5, 0.6) is 0 Å². The predicted octanol–water partition coefficient (Wildman–Crippen LogP) is 2.15. The van der Waals surface area contributed by atoms with E-state index in [1.54, 1.807) is 0 Å². The Morgan fingerprint density at radius 3 is 2.59 bits per heavy atom. The van der Waals surface area contributed by atoms with Crippen LogP contribution in [0.2, 0.25) is 0 Å². The molecule has 0 aromatic heterocycles. The largest absolute Gasteiger partial charge is 0.341 e. The second kappa shape index (κ2) is 5.85. The minimum Gasteiger partial charge on any atom is -0.341 e. The molecule has 1 amide bonds. The first kappa shape index (κ1) is 12.9. The number of hydrogen-bond acceptors (Lipinski definition) is 2. The van der Waals surface area contributed by atoms with Gasteiger partial charge in [0.25, 0.3) is 0 Å². The first-order valence-electron chi connectivity index (χ1n) is 7.18. The van der Waals surface area contributed by atoms with Crippen LogP contribution in [0, 0.1) is 11.8 Å². The van der Waals surface area contributed by atoms with E-state index in [9.17, 15) is 4.79 Å². The minimum atomic E-state index is 0.189. The van der Waals surface area contributed by atoms with Gasteiger partial charge in [-0.15, -0.1) is 0 Å². The van der Waals surface area contributed by atoms with Crippen molar-refractivity contribution >= 4 is 5.91 Å². The van der Waals surface area contributed by atoms with Gasteiger partial charge in [0.15, 0.2) is 0 Å². The number of piperidine rings is 1. The summed E-state index contributed by atoms with van der Waals surface area (Å²) in [4.78, 5) is 14.2. The van der Waals surface area contributed by atoms with Gasteiger partial charge in [-0.1, -0.05) is 26.2 Å². The number of nitrogens with two attached hydrogens (primary N) is 1. The number of carbonyl (C=O) groups excluding carboxylic acids is 1. The van der Waals surface area contributed by atoms with Crippen LogP contribution in [0.25, 0.3) is 0 Å². The van der Waals surface area contributed by atoms with Crippen molar-refractivity contribution in [3.05, 3.63) is 0 Å². The fraction of sp³-hybridized carbons (Fsp3) is 0.929. The Bertz CT molecular complexity index is 251. The van der Waals surface area contributed by atoms with Gasteiger partial charge in [0, 0.05) is 25.6 Å². The predicted molar refractivity (Wildman–Crippen MR) is 69.5 cm³/mol. The third kappa shape index (κ3) is 3.70. The van der Waals surface area contributed by atoms with Crippen molar-refractivity contribution in [2.75, 3.05) is 13.1 Å². The molecule has 2 rings (SSSR count). The highest BCUT2D eigenvalue weighted by Crippen LogP contribution is 2.27. The number of hydrogen-bond donors (Lipinski definition) is 1. The van der Waals surface area contributed by atoms with Crippen molar-refractivity contribution in [1.29, 1.82) is 0 Å². The number of likely N-dealkylation sites (tertiary alicyclic amines) is 1. The van der Waals surface area contributed by atoms with E-state index in [0.29, 0.717) is 17.7 Å². The molecule has 1 aliphatic heterocycles. The number of amides is 1. The fourth-order valence-electron chi connectivity index (χ4n) is 3.37. The van der Waals surface area contributed by atoms with Crippen LogP contribution >= 0.6 is 0 Å². The van der Waals surface area contributed by atoms with Crippen LogP contribution in [0.1, 0.15) is 51.9 Å². The van der Waals surface area contributed by atoms with Crippen LogP contribution in [0.3, 0.4) is 0 Å². The van der Waals surface area contributed by atoms with Gasteiger partial charge in [-0.2, -0.15) is 0 Å². The molecule has 0 aromatic rings. The summed E-state index contributed by atoms with van der Waals surface area (Å²) >= 11 is 0. The van der Waals surface area contributed by atoms with Crippen LogP contribution in [0.15, 0.2) is 0 Å². The van der Waals surface area contributed by atoms with Gasteiger partial charge < -0.3 is 10.6 Å². The number of nitrogens with zero attached hydrogens (tertiary/aromatic N) is 1. The molecule has 2 unspecified atom stereocenters. The average Bonchev–Trinajstić information content (AvgIpc) is 2.29. The van der Waals surface area contributed by atoms with E-state index in [1.807, 2.05) is 4.90 Å². The van der Waals surface area contributed by atoms with Gasteiger partial charge in [0.05, 0.1) is 0 Å². The monoisotopic (exact) mass is 238 g/mol. The highest BCUT2D eigenvalue weighted by atomic mass is 16.2. The Hall–Kier alpha value is -0.570. The maximum atomic E-state index is 12.2. The lowest BCUT2D eigenvalue weighted by Gasteiger charge is -2.36. The van der Waals surface area contributed by atoms with Crippen LogP contribution in [-0.2, 0) is 4.79 Å². The highest BCUT2D eigenvalue weighted by molar-refractivity contribution is 5.76. The Morgan fingerprint density at radius 1 is 1.24 bits per heavy atom. The van der Waals surface area contributed by atoms with Crippen LogP contribution < -0.4 is 5.73 Å². The third-order valence-corrected chi connectivity index (χ3v) is 4.23. The quantitative estimate of drug-likeness (QED) is 0.801. The second-order valence-electron chi connectivity index (χ2n) is 6.11. The molecule has 1 aliphatic carbocycles. The zero-order valence-corrected chi connectivity index (χ0v) is 11.0. The molecule has 3 nitrogen and oxygen atoms in total. The molecule has 0 aromatic carbocycles. The van der Waals surface area contributed by atoms with Gasteiger partial charge in [0.2, 0.25) is 5.91 Å². The van der Waals surface area contributed by atoms with Gasteiger partial charge in [-0.25, -0.2) is 0 Å². The van der Waals surface area contributed by atoms with E-state index in [1.165, 1.54) is 32.1 Å². The van der Waals surface area contributed by atoms with E-state index in [4.69, 9.17) is 5.73 Å². The lowest BCUT2D eigenvalue weighted by Crippen LogP contribution is -2.49. The van der Waals surface area contributed by atoms with Gasteiger partial charge in [-0.3, -0.25) is 4.79 Å². The van der Waals surface area contributed by atoms with E-state index in [2.05, 4.69) is 6.92 Å². The first-order chi connectivity index (χ1) is 8.15. The maximum absolute atomic E-state index is 12.2. The SMILES string of the molecule is CC1CC(N)CN(C(=O)CC2CCCCC2)C1. The average molecular weight is 238 g/mol. The summed E-state index contributed by atoms with van der Waals surface area (Å²) in [6.45, 7) is 3.88. The van der Waals surface area contributed by atoms with Gasteiger partial charge in [-0.05, 0) is 31.1 Å². The maximum Gasteiger partial charge on any atom is 0.222 e. The molecule has 0 bridgehead atoms. The molecule has 1 saturated carbocycles. The summed E-state index contributed by atoms with van der Waals surface area (Å²) in [6.07, 6.45) is 8.31. The summed E-state index contributed by atoms with van der Waals surface area (Å²) in [6, 6.07) is 0.189. The highest BCUT2D eigenvalue weighted by Gasteiger charge is 2.27. The molecule has 2 atom stereocenters. The van der Waals surface area contributed by atoms with Crippen molar-refractivity contribution in [3.63, 3.8) is 0 Å². The molecular weight excluding hydrogens is 212 g/mol. The van der Waals surface area contributed by atoms with Gasteiger partial charge >= 0.3 is 0 Å². The molecule has 98 valence electrons. The van der Waals surface area contributed by atoms with Gasteiger partial charge in [0.1, 0.15) is 0 Å². The van der Waals surface area contributed by atoms with E-state index >= 15 is 0 Å². The standard InChI is InChI=1S/C14H26N2O/c1-11-7-13(15)10-16(9-11)14(17)8-12-5-3-2-4-6-12/h11-13H,2-10,15H2,1H3. The lowest BCUT2D eigenvalue weighted by atomic mass is 9.86. The minimum absolute atomic E-state index is 0.189. The lowest BCUT2D eigenvalue weighted by molar-refractivity contribution is -0.134. The molecule has 17 heavy (non-hydrogen) atoms. The third-order valence-electron chi connectivity index (χ3n) is 4.23. The molecule has 1 saturated heterocycles. The zero-order chi connectivity index (χ0) is 12.3. The Morgan fingerprint density at radius 2 is 1.94 bits per heavy atom. The summed E-state index contributed by atoms with van der Waals surface area (Å²) in [5, 5.41) is 0. The molecule has 0 spiro atoms. The molecule has 1 heterocycles. The summed E-state index contributed by atoms with van der Waals surface area (Å²) < 4.78 is 0. The number of rotatable bonds is 2. The van der Waals surface area contributed by atoms with E-state index < -0.39 is 0 Å². The van der Waals surface area contributed by atoms with Crippen LogP contribution in [0.4, 0.5) is 0 Å². The van der Waals surface area contributed by atoms with Crippen molar-refractivity contribution < 1.29 is 4.79 Å². The molecule has 3 heteroatoms. The Kier molecular flexibility index (Phi) is 4.43. The smallest absolute Gasteiger partial charge is 0.222 e. The summed E-state index contributed by atoms with van der Waals surface area (Å²) in [5.74, 6) is 1.55. The molecule has 2 aliphatic rings. The van der Waals surface area contributed by atoms with Crippen molar-refractivity contribution in [2.45, 2.75) is 57.9 Å². The fourth-order valence-corrected chi connectivity index (χ4v) is 3.37. The molecule has 2 N–H and O–H groups in total. The Balaban J connectivity index is 1.81. The van der Waals surface area contributed by atoms with Crippen molar-refractivity contribution in [1.82, 2.24) is 4.90 Å². The van der Waals surface area contributed by atoms with Crippen LogP contribution in [-0.4, -0.2) is 29.9 Å². The summed E-state index contributed by atoms with van der Waals surface area (Å²) in [7, 11) is 0. The molecular formula is C14H26N2O. The molecule has 2 fully saturated rings.